The molecule has 21 heavy (non-hydrogen) atoms. The fourth-order valence-corrected chi connectivity index (χ4v) is 1.89. The highest BCUT2D eigenvalue weighted by molar-refractivity contribution is 5.77. The third-order valence-corrected chi connectivity index (χ3v) is 3.05. The molecule has 0 heterocycles. The van der Waals surface area contributed by atoms with E-state index in [9.17, 15) is 4.79 Å². The van der Waals surface area contributed by atoms with E-state index in [0.717, 1.165) is 38.5 Å². The van der Waals surface area contributed by atoms with Gasteiger partial charge >= 0.3 is 0 Å². The van der Waals surface area contributed by atoms with Gasteiger partial charge in [0.05, 0.1) is 6.54 Å². The van der Waals surface area contributed by atoms with Crippen LogP contribution in [-0.4, -0.2) is 51.2 Å². The van der Waals surface area contributed by atoms with Crippen molar-refractivity contribution in [2.75, 3.05) is 39.3 Å². The Morgan fingerprint density at radius 3 is 2.19 bits per heavy atom. The molecule has 0 aromatic carbocycles. The topological polar surface area (TPSA) is 65.2 Å². The van der Waals surface area contributed by atoms with Crippen LogP contribution in [0.25, 0.3) is 0 Å². The summed E-state index contributed by atoms with van der Waals surface area (Å²) in [5, 5.41) is 12.8. The molecular formula is C16H44N4O. The Kier molecular flexibility index (Phi) is 13.9. The molecule has 4 N–H and O–H groups in total. The maximum Gasteiger partial charge on any atom is 0.234 e. The molecule has 134 valence electrons. The molecule has 0 aromatic heterocycles. The average Bonchev–Trinajstić information content (AvgIpc) is 2.41. The standard InChI is InChI=1S/C16H36N4O.4H2/c1-14(2)12-17-8-6-5-7-9-18-13-16(21)20-11-10-19-15(3)4;;;;/h14-15,17-19H,5-13H2,1-4H3,(H,20,21);4*1H. The minimum absolute atomic E-state index is 0. The SMILES string of the molecule is CC(C)CNCCCCCNCC(=O)NCCNC(C)C.[HH].[HH].[HH].[HH]. The molecule has 0 aliphatic heterocycles. The van der Waals surface area contributed by atoms with Crippen LogP contribution in [-0.2, 0) is 4.79 Å². The molecule has 0 aliphatic carbocycles. The average molecular weight is 309 g/mol. The van der Waals surface area contributed by atoms with Crippen LogP contribution in [0.3, 0.4) is 0 Å². The summed E-state index contributed by atoms with van der Waals surface area (Å²) in [4.78, 5) is 11.5. The number of carbonyl (C=O) groups is 1. The van der Waals surface area contributed by atoms with E-state index in [1.807, 2.05) is 0 Å². The van der Waals surface area contributed by atoms with Gasteiger partial charge in [0.15, 0.2) is 0 Å². The molecule has 5 heteroatoms. The summed E-state index contributed by atoms with van der Waals surface area (Å²) in [6, 6.07) is 0.468. The Morgan fingerprint density at radius 1 is 0.905 bits per heavy atom. The van der Waals surface area contributed by atoms with Crippen molar-refractivity contribution in [3.8, 4) is 0 Å². The lowest BCUT2D eigenvalue weighted by atomic mass is 10.2. The summed E-state index contributed by atoms with van der Waals surface area (Å²) < 4.78 is 0. The highest BCUT2D eigenvalue weighted by Gasteiger charge is 1.99. The van der Waals surface area contributed by atoms with Crippen molar-refractivity contribution in [3.63, 3.8) is 0 Å². The van der Waals surface area contributed by atoms with Crippen LogP contribution in [0.5, 0.6) is 0 Å². The zero-order chi connectivity index (χ0) is 15.9. The van der Waals surface area contributed by atoms with Gasteiger partial charge in [-0.25, -0.2) is 0 Å². The van der Waals surface area contributed by atoms with Crippen LogP contribution in [0.2, 0.25) is 0 Å². The van der Waals surface area contributed by atoms with E-state index in [-0.39, 0.29) is 11.6 Å². The van der Waals surface area contributed by atoms with Crippen LogP contribution in [0.1, 0.15) is 52.7 Å². The molecule has 0 unspecified atom stereocenters. The lowest BCUT2D eigenvalue weighted by Crippen LogP contribution is -2.39. The Labute approximate surface area is 137 Å². The zero-order valence-electron chi connectivity index (χ0n) is 14.4. The van der Waals surface area contributed by atoms with Gasteiger partial charge in [0.25, 0.3) is 0 Å². The zero-order valence-corrected chi connectivity index (χ0v) is 14.4. The van der Waals surface area contributed by atoms with E-state index in [0.29, 0.717) is 19.1 Å². The van der Waals surface area contributed by atoms with Crippen molar-refractivity contribution in [3.05, 3.63) is 0 Å². The van der Waals surface area contributed by atoms with Crippen molar-refractivity contribution in [1.82, 2.24) is 21.3 Å². The number of nitrogens with one attached hydrogen (secondary N) is 4. The first-order chi connectivity index (χ1) is 10.0. The molecule has 1 amide bonds. The lowest BCUT2D eigenvalue weighted by Gasteiger charge is -2.10. The summed E-state index contributed by atoms with van der Waals surface area (Å²) in [6.45, 7) is 13.7. The first-order valence-electron chi connectivity index (χ1n) is 8.44. The normalized spacial score (nSPS) is 11.3. The Bertz CT molecular complexity index is 260. The molecule has 0 rings (SSSR count). The third kappa shape index (κ3) is 17.3. The number of rotatable bonds is 14. The van der Waals surface area contributed by atoms with Crippen molar-refractivity contribution in [2.24, 2.45) is 5.92 Å². The smallest absolute Gasteiger partial charge is 0.234 e. The van der Waals surface area contributed by atoms with Gasteiger partial charge in [-0.2, -0.15) is 0 Å². The van der Waals surface area contributed by atoms with Crippen molar-refractivity contribution < 1.29 is 10.5 Å². The number of hydrogen-bond acceptors (Lipinski definition) is 4. The van der Waals surface area contributed by atoms with Crippen LogP contribution < -0.4 is 21.3 Å². The van der Waals surface area contributed by atoms with E-state index in [4.69, 9.17) is 0 Å². The molecule has 0 saturated heterocycles. The van der Waals surface area contributed by atoms with Gasteiger partial charge in [-0.15, -0.1) is 0 Å². The molecule has 0 bridgehead atoms. The lowest BCUT2D eigenvalue weighted by molar-refractivity contribution is -0.120. The maximum atomic E-state index is 11.5. The van der Waals surface area contributed by atoms with Gasteiger partial charge in [0, 0.05) is 24.8 Å². The first kappa shape index (κ1) is 20.3. The molecule has 0 saturated carbocycles. The van der Waals surface area contributed by atoms with Gasteiger partial charge in [0.1, 0.15) is 0 Å². The molecule has 0 spiro atoms. The van der Waals surface area contributed by atoms with Crippen LogP contribution in [0, 0.1) is 5.92 Å². The second-order valence-electron chi connectivity index (χ2n) is 6.29. The van der Waals surface area contributed by atoms with Crippen molar-refractivity contribution in [2.45, 2.75) is 53.0 Å². The minimum Gasteiger partial charge on any atom is -0.354 e. The van der Waals surface area contributed by atoms with Crippen LogP contribution >= 0.6 is 0 Å². The molecule has 5 nitrogen and oxygen atoms in total. The van der Waals surface area contributed by atoms with Gasteiger partial charge in [-0.1, -0.05) is 34.1 Å². The summed E-state index contributed by atoms with van der Waals surface area (Å²) >= 11 is 0. The predicted molar refractivity (Wildman–Crippen MR) is 99.0 cm³/mol. The predicted octanol–water partition coefficient (Wildman–Crippen LogP) is 2.09. The Morgan fingerprint density at radius 2 is 1.57 bits per heavy atom. The van der Waals surface area contributed by atoms with Gasteiger partial charge in [0.2, 0.25) is 5.91 Å². The maximum absolute atomic E-state index is 11.5. The van der Waals surface area contributed by atoms with E-state index in [2.05, 4.69) is 49.0 Å². The Balaban J connectivity index is -0.000000333. The van der Waals surface area contributed by atoms with E-state index in [1.165, 1.54) is 12.8 Å². The highest BCUT2D eigenvalue weighted by atomic mass is 16.1. The molecule has 0 radical (unpaired) electrons. The fourth-order valence-electron chi connectivity index (χ4n) is 1.89. The van der Waals surface area contributed by atoms with Crippen LogP contribution in [0.15, 0.2) is 0 Å². The molecule has 0 aliphatic rings. The second kappa shape index (κ2) is 14.3. The van der Waals surface area contributed by atoms with Gasteiger partial charge < -0.3 is 21.3 Å². The largest absolute Gasteiger partial charge is 0.354 e. The van der Waals surface area contributed by atoms with Gasteiger partial charge in [-0.05, 0) is 38.4 Å². The second-order valence-corrected chi connectivity index (χ2v) is 6.29. The molecular weight excluding hydrogens is 264 g/mol. The van der Waals surface area contributed by atoms with Crippen molar-refractivity contribution >= 4 is 5.91 Å². The fraction of sp³-hybridized carbons (Fsp3) is 0.938. The number of unbranched alkanes of at least 4 members (excludes halogenated alkanes) is 2. The van der Waals surface area contributed by atoms with E-state index >= 15 is 0 Å². The summed E-state index contributed by atoms with van der Waals surface area (Å²) in [7, 11) is 0. The van der Waals surface area contributed by atoms with Crippen LogP contribution in [0.4, 0.5) is 0 Å². The summed E-state index contributed by atoms with van der Waals surface area (Å²) in [5.41, 5.74) is 0. The van der Waals surface area contributed by atoms with Crippen molar-refractivity contribution in [1.29, 1.82) is 0 Å². The third-order valence-electron chi connectivity index (χ3n) is 3.05. The number of hydrogen-bond donors (Lipinski definition) is 4. The summed E-state index contributed by atoms with van der Waals surface area (Å²) in [5.74, 6) is 0.806. The quantitative estimate of drug-likeness (QED) is 0.371. The highest BCUT2D eigenvalue weighted by Crippen LogP contribution is 1.93. The number of carbonyl (C=O) groups excluding carboxylic acids is 1. The monoisotopic (exact) mass is 308 g/mol. The molecule has 0 atom stereocenters. The minimum atomic E-state index is 0. The molecule has 0 aromatic rings. The van der Waals surface area contributed by atoms with E-state index in [1.54, 1.807) is 0 Å². The number of amides is 1. The summed E-state index contributed by atoms with van der Waals surface area (Å²) in [6.07, 6.45) is 3.55. The first-order valence-corrected chi connectivity index (χ1v) is 8.44. The van der Waals surface area contributed by atoms with Gasteiger partial charge in [-0.3, -0.25) is 4.79 Å². The Hall–Kier alpha value is -0.650. The molecule has 0 fully saturated rings. The van der Waals surface area contributed by atoms with E-state index < -0.39 is 0 Å².